The molecule has 0 aliphatic carbocycles. The Balaban J connectivity index is 2.01. The van der Waals surface area contributed by atoms with Crippen LogP contribution in [0.25, 0.3) is 0 Å². The fourth-order valence-corrected chi connectivity index (χ4v) is 2.41. The van der Waals surface area contributed by atoms with Crippen molar-refractivity contribution in [3.8, 4) is 5.75 Å². The van der Waals surface area contributed by atoms with Gasteiger partial charge in [0.15, 0.2) is 0 Å². The van der Waals surface area contributed by atoms with Gasteiger partial charge in [-0.05, 0) is 50.2 Å². The molecular formula is C16H22N4O3S. The smallest absolute Gasteiger partial charge is 0.301 e. The molecule has 0 aliphatic rings. The van der Waals surface area contributed by atoms with Crippen LogP contribution >= 0.6 is 0 Å². The summed E-state index contributed by atoms with van der Waals surface area (Å²) >= 11 is 0. The molecule has 1 aromatic heterocycles. The second-order valence-electron chi connectivity index (χ2n) is 5.64. The minimum absolute atomic E-state index is 0.129. The van der Waals surface area contributed by atoms with E-state index in [4.69, 9.17) is 4.74 Å². The molecule has 2 N–H and O–H groups in total. The molecule has 0 fully saturated rings. The normalized spacial score (nSPS) is 11.6. The number of nitrogens with one attached hydrogen (secondary N) is 2. The van der Waals surface area contributed by atoms with E-state index in [1.54, 1.807) is 12.1 Å². The minimum atomic E-state index is -3.53. The maximum Gasteiger partial charge on any atom is 0.301 e. The summed E-state index contributed by atoms with van der Waals surface area (Å²) in [6.45, 7) is 3.95. The van der Waals surface area contributed by atoms with Crippen molar-refractivity contribution in [1.82, 2.24) is 9.29 Å². The zero-order valence-corrected chi connectivity index (χ0v) is 15.0. The van der Waals surface area contributed by atoms with Crippen molar-refractivity contribution in [2.24, 2.45) is 0 Å². The summed E-state index contributed by atoms with van der Waals surface area (Å²) in [7, 11) is -0.615. The van der Waals surface area contributed by atoms with Crippen LogP contribution in [0.1, 0.15) is 13.8 Å². The Bertz CT molecular complexity index is 757. The maximum absolute atomic E-state index is 11.7. The zero-order chi connectivity index (χ0) is 17.7. The highest BCUT2D eigenvalue weighted by molar-refractivity contribution is 7.90. The number of hydrogen-bond donors (Lipinski definition) is 2. The molecule has 0 radical (unpaired) electrons. The molecule has 7 nitrogen and oxygen atoms in total. The molecule has 0 amide bonds. The Kier molecular flexibility index (Phi) is 5.63. The average Bonchev–Trinajstić information content (AvgIpc) is 2.50. The Morgan fingerprint density at radius 3 is 2.17 bits per heavy atom. The highest BCUT2D eigenvalue weighted by Gasteiger charge is 2.12. The Hall–Kier alpha value is -2.32. The number of pyridine rings is 1. The maximum atomic E-state index is 11.7. The highest BCUT2D eigenvalue weighted by atomic mass is 32.2. The zero-order valence-electron chi connectivity index (χ0n) is 14.1. The van der Waals surface area contributed by atoms with E-state index in [-0.39, 0.29) is 6.10 Å². The van der Waals surface area contributed by atoms with Gasteiger partial charge in [0.1, 0.15) is 11.6 Å². The number of hydrogen-bond acceptors (Lipinski definition) is 5. The summed E-state index contributed by atoms with van der Waals surface area (Å²) < 4.78 is 32.6. The van der Waals surface area contributed by atoms with Gasteiger partial charge in [0.25, 0.3) is 0 Å². The highest BCUT2D eigenvalue weighted by Crippen LogP contribution is 2.20. The molecule has 0 bridgehead atoms. The van der Waals surface area contributed by atoms with Crippen molar-refractivity contribution in [2.75, 3.05) is 24.1 Å². The van der Waals surface area contributed by atoms with Gasteiger partial charge in [0.2, 0.25) is 0 Å². The SMILES string of the molecule is CC(C)Oc1ccc(Nc2ccc(NS(=O)(=O)N(C)C)cn2)cc1. The van der Waals surface area contributed by atoms with Crippen LogP contribution in [0, 0.1) is 0 Å². The van der Waals surface area contributed by atoms with E-state index < -0.39 is 10.2 Å². The van der Waals surface area contributed by atoms with E-state index in [1.807, 2.05) is 38.1 Å². The first kappa shape index (κ1) is 18.0. The molecule has 8 heteroatoms. The summed E-state index contributed by atoms with van der Waals surface area (Å²) in [5.74, 6) is 1.41. The Morgan fingerprint density at radius 2 is 1.67 bits per heavy atom. The van der Waals surface area contributed by atoms with Gasteiger partial charge >= 0.3 is 10.2 Å². The third-order valence-corrected chi connectivity index (χ3v) is 4.44. The van der Waals surface area contributed by atoms with Crippen molar-refractivity contribution in [3.63, 3.8) is 0 Å². The first-order chi connectivity index (χ1) is 11.3. The molecule has 0 saturated carbocycles. The van der Waals surface area contributed by atoms with Crippen LogP contribution in [0.2, 0.25) is 0 Å². The number of ether oxygens (including phenoxy) is 1. The standard InChI is InChI=1S/C16H22N4O3S/c1-12(2)23-15-8-5-13(6-9-15)18-16-10-7-14(11-17-16)19-24(21,22)20(3)4/h5-12,19H,1-4H3,(H,17,18). The lowest BCUT2D eigenvalue weighted by Gasteiger charge is -2.13. The van der Waals surface area contributed by atoms with E-state index >= 15 is 0 Å². The molecular weight excluding hydrogens is 328 g/mol. The van der Waals surface area contributed by atoms with Gasteiger partial charge in [-0.15, -0.1) is 0 Å². The molecule has 0 atom stereocenters. The van der Waals surface area contributed by atoms with Gasteiger partial charge < -0.3 is 10.1 Å². The lowest BCUT2D eigenvalue weighted by Crippen LogP contribution is -2.28. The van der Waals surface area contributed by atoms with E-state index in [0.29, 0.717) is 11.5 Å². The summed E-state index contributed by atoms with van der Waals surface area (Å²) in [4.78, 5) is 4.20. The largest absolute Gasteiger partial charge is 0.491 e. The van der Waals surface area contributed by atoms with Crippen molar-refractivity contribution >= 4 is 27.4 Å². The van der Waals surface area contributed by atoms with Gasteiger partial charge in [-0.3, -0.25) is 4.72 Å². The molecule has 1 aromatic carbocycles. The molecule has 130 valence electrons. The van der Waals surface area contributed by atoms with Crippen molar-refractivity contribution in [2.45, 2.75) is 20.0 Å². The first-order valence-corrected chi connectivity index (χ1v) is 8.90. The molecule has 24 heavy (non-hydrogen) atoms. The van der Waals surface area contributed by atoms with Gasteiger partial charge in [-0.1, -0.05) is 0 Å². The van der Waals surface area contributed by atoms with Gasteiger partial charge in [0.05, 0.1) is 18.0 Å². The van der Waals surface area contributed by atoms with E-state index in [9.17, 15) is 8.42 Å². The van der Waals surface area contributed by atoms with Crippen LogP contribution in [0.3, 0.4) is 0 Å². The quantitative estimate of drug-likeness (QED) is 0.802. The molecule has 2 rings (SSSR count). The molecule has 2 aromatic rings. The number of aromatic nitrogens is 1. The molecule has 0 aliphatic heterocycles. The lowest BCUT2D eigenvalue weighted by atomic mass is 10.3. The molecule has 0 unspecified atom stereocenters. The van der Waals surface area contributed by atoms with Gasteiger partial charge in [-0.25, -0.2) is 4.98 Å². The Labute approximate surface area is 142 Å². The topological polar surface area (TPSA) is 83.6 Å². The monoisotopic (exact) mass is 350 g/mol. The summed E-state index contributed by atoms with van der Waals surface area (Å²) in [6, 6.07) is 10.9. The predicted octanol–water partition coefficient (Wildman–Crippen LogP) is 2.83. The summed E-state index contributed by atoms with van der Waals surface area (Å²) in [5.41, 5.74) is 1.26. The summed E-state index contributed by atoms with van der Waals surface area (Å²) in [6.07, 6.45) is 1.59. The average molecular weight is 350 g/mol. The van der Waals surface area contributed by atoms with Crippen molar-refractivity contribution in [1.29, 1.82) is 0 Å². The number of anilines is 3. The van der Waals surface area contributed by atoms with Crippen LogP contribution in [0.15, 0.2) is 42.6 Å². The number of nitrogens with zero attached hydrogens (tertiary/aromatic N) is 2. The number of rotatable bonds is 7. The number of benzene rings is 1. The van der Waals surface area contributed by atoms with Crippen LogP contribution < -0.4 is 14.8 Å². The van der Waals surface area contributed by atoms with Gasteiger partial charge in [0, 0.05) is 19.8 Å². The van der Waals surface area contributed by atoms with Crippen LogP contribution in [-0.4, -0.2) is 37.9 Å². The van der Waals surface area contributed by atoms with Crippen LogP contribution in [0.4, 0.5) is 17.2 Å². The fraction of sp³-hybridized carbons (Fsp3) is 0.312. The third kappa shape index (κ3) is 5.10. The minimum Gasteiger partial charge on any atom is -0.491 e. The molecule has 0 spiro atoms. The van der Waals surface area contributed by atoms with Crippen molar-refractivity contribution in [3.05, 3.63) is 42.6 Å². The van der Waals surface area contributed by atoms with Gasteiger partial charge in [-0.2, -0.15) is 12.7 Å². The Morgan fingerprint density at radius 1 is 1.04 bits per heavy atom. The lowest BCUT2D eigenvalue weighted by molar-refractivity contribution is 0.242. The second-order valence-corrected chi connectivity index (χ2v) is 7.52. The predicted molar refractivity (Wildman–Crippen MR) is 96.0 cm³/mol. The van der Waals surface area contributed by atoms with Crippen molar-refractivity contribution < 1.29 is 13.2 Å². The van der Waals surface area contributed by atoms with Crippen LogP contribution in [0.5, 0.6) is 5.75 Å². The summed E-state index contributed by atoms with van der Waals surface area (Å²) in [5, 5.41) is 3.14. The van der Waals surface area contributed by atoms with E-state index in [0.717, 1.165) is 15.7 Å². The third-order valence-electron chi connectivity index (χ3n) is 2.99. The van der Waals surface area contributed by atoms with E-state index in [2.05, 4.69) is 15.0 Å². The fourth-order valence-electron chi connectivity index (χ4n) is 1.81. The van der Waals surface area contributed by atoms with E-state index in [1.165, 1.54) is 20.3 Å². The van der Waals surface area contributed by atoms with Crippen LogP contribution in [-0.2, 0) is 10.2 Å². The first-order valence-electron chi connectivity index (χ1n) is 7.46. The second kappa shape index (κ2) is 7.50. The molecule has 0 saturated heterocycles. The molecule has 1 heterocycles.